The molecule has 2 amide bonds. The van der Waals surface area contributed by atoms with Crippen molar-refractivity contribution in [1.82, 2.24) is 10.2 Å². The van der Waals surface area contributed by atoms with Gasteiger partial charge in [0, 0.05) is 29.2 Å². The zero-order chi connectivity index (χ0) is 22.7. The molecule has 0 bridgehead atoms. The maximum Gasteiger partial charge on any atom is 0.231 e. The molecule has 0 aliphatic carbocycles. The summed E-state index contributed by atoms with van der Waals surface area (Å²) in [5.41, 5.74) is 2.42. The first-order valence-corrected chi connectivity index (χ1v) is 12.0. The summed E-state index contributed by atoms with van der Waals surface area (Å²) in [7, 11) is 0. The first kappa shape index (κ1) is 22.4. The quantitative estimate of drug-likeness (QED) is 0.301. The van der Waals surface area contributed by atoms with E-state index in [2.05, 4.69) is 15.5 Å². The van der Waals surface area contributed by atoms with Gasteiger partial charge in [0.2, 0.25) is 16.9 Å². The van der Waals surface area contributed by atoms with Crippen LogP contribution in [0.25, 0.3) is 0 Å². The largest absolute Gasteiger partial charge is 0.312 e. The summed E-state index contributed by atoms with van der Waals surface area (Å²) in [4.78, 5) is 38.9. The van der Waals surface area contributed by atoms with Crippen LogP contribution in [-0.2, 0) is 9.59 Å². The molecule has 1 saturated heterocycles. The average molecular weight is 487 g/mol. The molecule has 1 fully saturated rings. The fourth-order valence-electron chi connectivity index (χ4n) is 3.25. The van der Waals surface area contributed by atoms with Crippen LogP contribution in [0.1, 0.15) is 22.3 Å². The molecule has 1 atom stereocenters. The van der Waals surface area contributed by atoms with Gasteiger partial charge >= 0.3 is 0 Å². The molecule has 2 heterocycles. The molecule has 32 heavy (non-hydrogen) atoms. The Kier molecular flexibility index (Phi) is 6.88. The summed E-state index contributed by atoms with van der Waals surface area (Å²) in [5, 5.41) is 11.6. The summed E-state index contributed by atoms with van der Waals surface area (Å²) in [6.45, 7) is 2.24. The highest BCUT2D eigenvalue weighted by atomic mass is 35.5. The number of hydrogen-bond acceptors (Lipinski definition) is 7. The van der Waals surface area contributed by atoms with Gasteiger partial charge in [0.15, 0.2) is 10.1 Å². The van der Waals surface area contributed by atoms with Crippen molar-refractivity contribution in [1.29, 1.82) is 0 Å². The zero-order valence-corrected chi connectivity index (χ0v) is 19.5. The number of nitrogens with zero attached hydrogens (tertiary/aromatic N) is 3. The number of amides is 2. The van der Waals surface area contributed by atoms with E-state index in [0.29, 0.717) is 25.7 Å². The Morgan fingerprint density at radius 3 is 2.75 bits per heavy atom. The van der Waals surface area contributed by atoms with Crippen LogP contribution in [0.5, 0.6) is 0 Å². The van der Waals surface area contributed by atoms with Crippen LogP contribution < -0.4 is 10.2 Å². The Bertz CT molecular complexity index is 1170. The van der Waals surface area contributed by atoms with E-state index in [9.17, 15) is 14.4 Å². The van der Waals surface area contributed by atoms with Crippen molar-refractivity contribution in [2.75, 3.05) is 22.5 Å². The molecule has 7 nitrogen and oxygen atoms in total. The first-order valence-electron chi connectivity index (χ1n) is 9.82. The van der Waals surface area contributed by atoms with Crippen molar-refractivity contribution < 1.29 is 14.4 Å². The number of nitrogens with one attached hydrogen (secondary N) is 1. The molecule has 1 aliphatic heterocycles. The van der Waals surface area contributed by atoms with E-state index in [1.165, 1.54) is 23.1 Å². The second-order valence-corrected chi connectivity index (χ2v) is 9.96. The number of rotatable bonds is 7. The normalized spacial score (nSPS) is 15.8. The van der Waals surface area contributed by atoms with Gasteiger partial charge in [-0.1, -0.05) is 70.6 Å². The standard InChI is InChI=1S/C22H19ClN4O3S2/c1-13-5-7-14(8-6-13)18(28)12-31-22-26-25-21(32-22)24-20(30)15-9-19(29)27(11-15)17-4-2-3-16(23)10-17/h2-8,10,15H,9,11-12H2,1H3,(H,24,25,30). The molecule has 0 spiro atoms. The molecule has 3 aromatic rings. The molecule has 0 radical (unpaired) electrons. The highest BCUT2D eigenvalue weighted by Crippen LogP contribution is 2.30. The van der Waals surface area contributed by atoms with Crippen LogP contribution >= 0.6 is 34.7 Å². The smallest absolute Gasteiger partial charge is 0.231 e. The van der Waals surface area contributed by atoms with E-state index >= 15 is 0 Å². The highest BCUT2D eigenvalue weighted by Gasteiger charge is 2.35. The van der Waals surface area contributed by atoms with Gasteiger partial charge in [0.05, 0.1) is 11.7 Å². The number of thioether (sulfide) groups is 1. The van der Waals surface area contributed by atoms with Crippen molar-refractivity contribution >= 4 is 63.1 Å². The van der Waals surface area contributed by atoms with Crippen molar-refractivity contribution in [3.05, 3.63) is 64.7 Å². The molecular formula is C22H19ClN4O3S2. The van der Waals surface area contributed by atoms with Crippen LogP contribution in [0, 0.1) is 12.8 Å². The summed E-state index contributed by atoms with van der Waals surface area (Å²) >= 11 is 8.49. The first-order chi connectivity index (χ1) is 15.4. The highest BCUT2D eigenvalue weighted by molar-refractivity contribution is 8.01. The molecule has 1 unspecified atom stereocenters. The van der Waals surface area contributed by atoms with E-state index < -0.39 is 5.92 Å². The van der Waals surface area contributed by atoms with Gasteiger partial charge in [-0.15, -0.1) is 10.2 Å². The van der Waals surface area contributed by atoms with Crippen LogP contribution in [0.2, 0.25) is 5.02 Å². The number of benzene rings is 2. The monoisotopic (exact) mass is 486 g/mol. The molecule has 10 heteroatoms. The van der Waals surface area contributed by atoms with E-state index in [1.807, 2.05) is 19.1 Å². The third kappa shape index (κ3) is 5.35. The number of aromatic nitrogens is 2. The second kappa shape index (κ2) is 9.81. The predicted octanol–water partition coefficient (Wildman–Crippen LogP) is 4.47. The molecule has 1 aromatic heterocycles. The van der Waals surface area contributed by atoms with Gasteiger partial charge in [-0.05, 0) is 25.1 Å². The van der Waals surface area contributed by atoms with Crippen molar-refractivity contribution in [2.45, 2.75) is 17.7 Å². The number of anilines is 2. The van der Waals surface area contributed by atoms with Crippen LogP contribution in [-0.4, -0.2) is 40.1 Å². The Morgan fingerprint density at radius 1 is 1.22 bits per heavy atom. The SMILES string of the molecule is Cc1ccc(C(=O)CSc2nnc(NC(=O)C3CC(=O)N(c4cccc(Cl)c4)C3)s2)cc1. The molecule has 1 aliphatic rings. The number of Topliss-reactive ketones (excluding diaryl/α,β-unsaturated/α-hetero) is 1. The average Bonchev–Trinajstić information content (AvgIpc) is 3.39. The zero-order valence-electron chi connectivity index (χ0n) is 17.1. The predicted molar refractivity (Wildman–Crippen MR) is 127 cm³/mol. The molecule has 4 rings (SSSR count). The maximum absolute atomic E-state index is 12.7. The molecular weight excluding hydrogens is 468 g/mol. The number of carbonyl (C=O) groups is 3. The number of halogens is 1. The van der Waals surface area contributed by atoms with Crippen LogP contribution in [0.4, 0.5) is 10.8 Å². The minimum absolute atomic E-state index is 0.00126. The fourth-order valence-corrected chi connectivity index (χ4v) is 5.09. The van der Waals surface area contributed by atoms with Gasteiger partial charge in [-0.3, -0.25) is 14.4 Å². The molecule has 1 N–H and O–H groups in total. The molecule has 0 saturated carbocycles. The van der Waals surface area contributed by atoms with Gasteiger partial charge in [0.1, 0.15) is 0 Å². The summed E-state index contributed by atoms with van der Waals surface area (Å²) in [6, 6.07) is 14.4. The maximum atomic E-state index is 12.7. The molecule has 2 aromatic carbocycles. The van der Waals surface area contributed by atoms with E-state index in [0.717, 1.165) is 5.56 Å². The van der Waals surface area contributed by atoms with Crippen molar-refractivity contribution in [3.63, 3.8) is 0 Å². The van der Waals surface area contributed by atoms with Crippen LogP contribution in [0.15, 0.2) is 52.9 Å². The van der Waals surface area contributed by atoms with E-state index in [4.69, 9.17) is 11.6 Å². The topological polar surface area (TPSA) is 92.3 Å². The van der Waals surface area contributed by atoms with E-state index in [1.54, 1.807) is 41.3 Å². The fraction of sp³-hybridized carbons (Fsp3) is 0.227. The summed E-state index contributed by atoms with van der Waals surface area (Å²) < 4.78 is 0.587. The number of hydrogen-bond donors (Lipinski definition) is 1. The summed E-state index contributed by atoms with van der Waals surface area (Å²) in [6.07, 6.45) is 0.115. The third-order valence-corrected chi connectivity index (χ3v) is 7.16. The Balaban J connectivity index is 1.31. The lowest BCUT2D eigenvalue weighted by molar-refractivity contribution is -0.122. The summed E-state index contributed by atoms with van der Waals surface area (Å²) in [5.74, 6) is -0.676. The third-order valence-electron chi connectivity index (χ3n) is 4.95. The van der Waals surface area contributed by atoms with Crippen molar-refractivity contribution in [2.24, 2.45) is 5.92 Å². The van der Waals surface area contributed by atoms with Gasteiger partial charge in [-0.2, -0.15) is 0 Å². The van der Waals surface area contributed by atoms with Crippen LogP contribution in [0.3, 0.4) is 0 Å². The Hall–Kier alpha value is -2.75. The minimum atomic E-state index is -0.496. The number of ketones is 1. The van der Waals surface area contributed by atoms with Crippen molar-refractivity contribution in [3.8, 4) is 0 Å². The minimum Gasteiger partial charge on any atom is -0.312 e. The van der Waals surface area contributed by atoms with Gasteiger partial charge < -0.3 is 10.2 Å². The van der Waals surface area contributed by atoms with E-state index in [-0.39, 0.29) is 36.3 Å². The lowest BCUT2D eigenvalue weighted by Crippen LogP contribution is -2.28. The Morgan fingerprint density at radius 2 is 2.00 bits per heavy atom. The second-order valence-electron chi connectivity index (χ2n) is 7.33. The Labute approximate surface area is 198 Å². The van der Waals surface area contributed by atoms with Gasteiger partial charge in [0.25, 0.3) is 0 Å². The number of aryl methyl sites for hydroxylation is 1. The van der Waals surface area contributed by atoms with Gasteiger partial charge in [-0.25, -0.2) is 0 Å². The molecule has 164 valence electrons. The lowest BCUT2D eigenvalue weighted by atomic mass is 10.1. The number of carbonyl (C=O) groups excluding carboxylic acids is 3. The lowest BCUT2D eigenvalue weighted by Gasteiger charge is -2.16.